The number of hydrogen-bond donors (Lipinski definition) is 1. The number of benzene rings is 2. The first-order valence-electron chi connectivity index (χ1n) is 7.64. The van der Waals surface area contributed by atoms with Crippen molar-refractivity contribution >= 4 is 18.4 Å². The molecule has 1 N–H and O–H groups in total. The van der Waals surface area contributed by atoms with Gasteiger partial charge in [-0.2, -0.15) is 14.9 Å². The summed E-state index contributed by atoms with van der Waals surface area (Å²) in [6, 6.07) is 13.6. The standard InChI is InChI=1S/C18H18N4O2S/c1-12-7-9-13(10-8-12)17-20-21-18(25)22(17)19-11-14-5-4-6-15(23-2)16(14)24-3/h4-11H,1-3H3,(H,21,25)/b19-11-. The zero-order valence-corrected chi connectivity index (χ0v) is 15.0. The number of nitrogens with zero attached hydrogens (tertiary/aromatic N) is 3. The van der Waals surface area contributed by atoms with Crippen LogP contribution in [0.15, 0.2) is 47.6 Å². The summed E-state index contributed by atoms with van der Waals surface area (Å²) in [5.41, 5.74) is 2.88. The maximum atomic E-state index is 5.42. The molecule has 0 spiro atoms. The molecule has 0 radical (unpaired) electrons. The van der Waals surface area contributed by atoms with Gasteiger partial charge in [0.1, 0.15) is 0 Å². The maximum Gasteiger partial charge on any atom is 0.216 e. The maximum absolute atomic E-state index is 5.42. The molecular formula is C18H18N4O2S. The van der Waals surface area contributed by atoms with Gasteiger partial charge in [-0.25, -0.2) is 5.10 Å². The molecule has 1 aromatic heterocycles. The molecule has 0 aliphatic carbocycles. The largest absolute Gasteiger partial charge is 0.493 e. The van der Waals surface area contributed by atoms with Crippen molar-refractivity contribution in [2.75, 3.05) is 14.2 Å². The van der Waals surface area contributed by atoms with Crippen molar-refractivity contribution in [2.45, 2.75) is 6.92 Å². The summed E-state index contributed by atoms with van der Waals surface area (Å²) in [4.78, 5) is 0. The Bertz CT molecular complexity index is 958. The van der Waals surface area contributed by atoms with Crippen LogP contribution in [0.5, 0.6) is 11.5 Å². The first-order valence-corrected chi connectivity index (χ1v) is 8.04. The van der Waals surface area contributed by atoms with E-state index in [0.717, 1.165) is 11.1 Å². The summed E-state index contributed by atoms with van der Waals surface area (Å²) in [7, 11) is 3.19. The van der Waals surface area contributed by atoms with Crippen molar-refractivity contribution in [3.05, 3.63) is 58.4 Å². The molecule has 0 bridgehead atoms. The topological polar surface area (TPSA) is 64.4 Å². The van der Waals surface area contributed by atoms with Crippen molar-refractivity contribution < 1.29 is 9.47 Å². The average molecular weight is 354 g/mol. The third-order valence-electron chi connectivity index (χ3n) is 3.71. The second-order valence-corrected chi connectivity index (χ2v) is 5.74. The summed E-state index contributed by atoms with van der Waals surface area (Å²) < 4.78 is 12.7. The highest BCUT2D eigenvalue weighted by Crippen LogP contribution is 2.29. The van der Waals surface area contributed by atoms with Crippen LogP contribution in [0, 0.1) is 11.7 Å². The highest BCUT2D eigenvalue weighted by atomic mass is 32.1. The van der Waals surface area contributed by atoms with Crippen LogP contribution in [0.3, 0.4) is 0 Å². The SMILES string of the molecule is COc1cccc(/C=N\n2c(-c3ccc(C)cc3)n[nH]c2=S)c1OC. The fourth-order valence-electron chi connectivity index (χ4n) is 2.42. The number of hydrogen-bond acceptors (Lipinski definition) is 5. The van der Waals surface area contributed by atoms with E-state index < -0.39 is 0 Å². The van der Waals surface area contributed by atoms with Crippen molar-refractivity contribution in [1.82, 2.24) is 14.9 Å². The van der Waals surface area contributed by atoms with Crippen molar-refractivity contribution in [1.29, 1.82) is 0 Å². The molecule has 0 aliphatic heterocycles. The number of ether oxygens (including phenoxy) is 2. The van der Waals surface area contributed by atoms with Gasteiger partial charge < -0.3 is 9.47 Å². The van der Waals surface area contributed by atoms with Crippen LogP contribution in [-0.4, -0.2) is 35.3 Å². The Hall–Kier alpha value is -2.93. The summed E-state index contributed by atoms with van der Waals surface area (Å²) in [5, 5.41) is 11.5. The molecule has 0 amide bonds. The fraction of sp³-hybridized carbons (Fsp3) is 0.167. The quantitative estimate of drug-likeness (QED) is 0.559. The Morgan fingerprint density at radius 2 is 1.88 bits per heavy atom. The molecule has 0 fully saturated rings. The molecule has 0 saturated carbocycles. The molecule has 3 aromatic rings. The second-order valence-electron chi connectivity index (χ2n) is 5.36. The van der Waals surface area contributed by atoms with Gasteiger partial charge in [0.05, 0.1) is 20.4 Å². The third kappa shape index (κ3) is 3.46. The van der Waals surface area contributed by atoms with Gasteiger partial charge in [0, 0.05) is 11.1 Å². The Morgan fingerprint density at radius 3 is 2.56 bits per heavy atom. The van der Waals surface area contributed by atoms with Gasteiger partial charge in [0.15, 0.2) is 17.3 Å². The molecule has 128 valence electrons. The van der Waals surface area contributed by atoms with E-state index >= 15 is 0 Å². The Morgan fingerprint density at radius 1 is 1.12 bits per heavy atom. The van der Waals surface area contributed by atoms with E-state index in [9.17, 15) is 0 Å². The first kappa shape index (κ1) is 16.9. The van der Waals surface area contributed by atoms with Crippen molar-refractivity contribution in [3.63, 3.8) is 0 Å². The average Bonchev–Trinajstić information content (AvgIpc) is 3.00. The summed E-state index contributed by atoms with van der Waals surface area (Å²) in [5.74, 6) is 1.89. The minimum absolute atomic E-state index is 0.411. The van der Waals surface area contributed by atoms with Gasteiger partial charge in [-0.15, -0.1) is 0 Å². The summed E-state index contributed by atoms with van der Waals surface area (Å²) in [6.45, 7) is 2.04. The van der Waals surface area contributed by atoms with E-state index in [1.165, 1.54) is 5.56 Å². The van der Waals surface area contributed by atoms with Crippen LogP contribution in [-0.2, 0) is 0 Å². The Kier molecular flexibility index (Phi) is 4.95. The first-order chi connectivity index (χ1) is 12.1. The van der Waals surface area contributed by atoms with E-state index in [1.807, 2.05) is 49.4 Å². The van der Waals surface area contributed by atoms with E-state index in [2.05, 4.69) is 15.3 Å². The predicted molar refractivity (Wildman–Crippen MR) is 100 cm³/mol. The van der Waals surface area contributed by atoms with Crippen LogP contribution in [0.25, 0.3) is 11.4 Å². The number of nitrogens with one attached hydrogen (secondary N) is 1. The van der Waals surface area contributed by atoms with Gasteiger partial charge in [0.25, 0.3) is 0 Å². The zero-order chi connectivity index (χ0) is 17.8. The number of aromatic amines is 1. The van der Waals surface area contributed by atoms with Gasteiger partial charge in [0.2, 0.25) is 4.77 Å². The van der Waals surface area contributed by atoms with Crippen LogP contribution in [0.4, 0.5) is 0 Å². The summed E-state index contributed by atoms with van der Waals surface area (Å²) in [6.07, 6.45) is 1.67. The Balaban J connectivity index is 2.02. The lowest BCUT2D eigenvalue weighted by Crippen LogP contribution is -1.98. The van der Waals surface area contributed by atoms with E-state index in [1.54, 1.807) is 25.1 Å². The lowest BCUT2D eigenvalue weighted by molar-refractivity contribution is 0.354. The molecule has 1 heterocycles. The predicted octanol–water partition coefficient (Wildman–Crippen LogP) is 3.82. The number of para-hydroxylation sites is 1. The number of aryl methyl sites for hydroxylation is 1. The number of H-pyrrole nitrogens is 1. The van der Waals surface area contributed by atoms with E-state index in [0.29, 0.717) is 22.1 Å². The zero-order valence-electron chi connectivity index (χ0n) is 14.2. The van der Waals surface area contributed by atoms with Crippen LogP contribution < -0.4 is 9.47 Å². The van der Waals surface area contributed by atoms with E-state index in [-0.39, 0.29) is 0 Å². The van der Waals surface area contributed by atoms with Crippen LogP contribution in [0.2, 0.25) is 0 Å². The van der Waals surface area contributed by atoms with Gasteiger partial charge >= 0.3 is 0 Å². The molecule has 2 aromatic carbocycles. The van der Waals surface area contributed by atoms with Gasteiger partial charge in [-0.05, 0) is 31.3 Å². The van der Waals surface area contributed by atoms with Crippen LogP contribution >= 0.6 is 12.2 Å². The number of methoxy groups -OCH3 is 2. The molecule has 0 saturated heterocycles. The molecule has 7 heteroatoms. The van der Waals surface area contributed by atoms with Crippen molar-refractivity contribution in [3.8, 4) is 22.9 Å². The summed E-state index contributed by atoms with van der Waals surface area (Å²) >= 11 is 5.30. The van der Waals surface area contributed by atoms with Gasteiger partial charge in [-0.1, -0.05) is 35.9 Å². The molecule has 0 atom stereocenters. The normalized spacial score (nSPS) is 11.0. The fourth-order valence-corrected chi connectivity index (χ4v) is 2.60. The second kappa shape index (κ2) is 7.31. The number of aromatic nitrogens is 3. The molecule has 0 aliphatic rings. The van der Waals surface area contributed by atoms with Gasteiger partial charge in [-0.3, -0.25) is 0 Å². The minimum Gasteiger partial charge on any atom is -0.493 e. The third-order valence-corrected chi connectivity index (χ3v) is 3.97. The molecule has 3 rings (SSSR count). The molecular weight excluding hydrogens is 336 g/mol. The lowest BCUT2D eigenvalue weighted by atomic mass is 10.1. The smallest absolute Gasteiger partial charge is 0.216 e. The molecule has 25 heavy (non-hydrogen) atoms. The monoisotopic (exact) mass is 354 g/mol. The molecule has 6 nitrogen and oxygen atoms in total. The number of rotatable bonds is 5. The Labute approximate surface area is 150 Å². The van der Waals surface area contributed by atoms with E-state index in [4.69, 9.17) is 21.7 Å². The lowest BCUT2D eigenvalue weighted by Gasteiger charge is -2.09. The highest BCUT2D eigenvalue weighted by molar-refractivity contribution is 7.71. The highest BCUT2D eigenvalue weighted by Gasteiger charge is 2.10. The minimum atomic E-state index is 0.411. The molecule has 0 unspecified atom stereocenters. The van der Waals surface area contributed by atoms with Crippen LogP contribution in [0.1, 0.15) is 11.1 Å². The van der Waals surface area contributed by atoms with Crippen molar-refractivity contribution in [2.24, 2.45) is 5.10 Å².